The van der Waals surface area contributed by atoms with Crippen molar-refractivity contribution in [1.29, 1.82) is 0 Å². The molecule has 32 heavy (non-hydrogen) atoms. The second-order valence-electron chi connectivity index (χ2n) is 9.90. The number of urea groups is 1. The van der Waals surface area contributed by atoms with Crippen molar-refractivity contribution in [3.05, 3.63) is 35.4 Å². The molecule has 1 aromatic carbocycles. The molecule has 3 aliphatic carbocycles. The molecule has 3 saturated carbocycles. The summed E-state index contributed by atoms with van der Waals surface area (Å²) in [7, 11) is -0.737. The van der Waals surface area contributed by atoms with Gasteiger partial charge in [-0.05, 0) is 55.1 Å². The second kappa shape index (κ2) is 8.08. The molecule has 2 bridgehead atoms. The number of benzene rings is 1. The average molecular weight is 443 g/mol. The van der Waals surface area contributed by atoms with Crippen molar-refractivity contribution in [3.63, 3.8) is 0 Å². The molecule has 5 unspecified atom stereocenters. The number of hydrogen-bond acceptors (Lipinski definition) is 5. The second-order valence-corrected chi connectivity index (χ2v) is 9.90. The first-order valence-corrected chi connectivity index (χ1v) is 11.0. The lowest BCUT2D eigenvalue weighted by atomic mass is 9.43. The lowest BCUT2D eigenvalue weighted by Gasteiger charge is -2.64. The summed E-state index contributed by atoms with van der Waals surface area (Å²) in [6.07, 6.45) is 2.11. The van der Waals surface area contributed by atoms with Crippen LogP contribution in [0.5, 0.6) is 0 Å². The van der Waals surface area contributed by atoms with Crippen LogP contribution in [0.3, 0.4) is 0 Å². The molecule has 5 atom stereocenters. The van der Waals surface area contributed by atoms with Crippen molar-refractivity contribution in [3.8, 4) is 0 Å². The third-order valence-electron chi connectivity index (χ3n) is 7.75. The van der Waals surface area contributed by atoms with Crippen LogP contribution in [0.4, 0.5) is 4.79 Å². The SMILES string of the molecule is CC1(C)C2CC3OB(C(Cc4ccccc4C(=O)O)NC(=O)CNC(N)=O)OC3(C)C1C2. The van der Waals surface area contributed by atoms with Crippen molar-refractivity contribution in [2.24, 2.45) is 23.0 Å². The molecule has 1 aromatic rings. The maximum absolute atomic E-state index is 12.5. The van der Waals surface area contributed by atoms with E-state index < -0.39 is 36.6 Å². The van der Waals surface area contributed by atoms with Gasteiger partial charge in [-0.25, -0.2) is 9.59 Å². The molecule has 1 saturated heterocycles. The standard InChI is InChI=1S/C22H30BN3O6/c1-21(2)13-9-15(21)22(3)16(10-13)31-23(32-22)17(26-18(27)11-25-20(24)30)8-12-6-4-5-7-14(12)19(28)29/h4-7,13,15-17H,8-11H2,1-3H3,(H,26,27)(H,28,29)(H3,24,25,30). The number of amides is 3. The van der Waals surface area contributed by atoms with Crippen LogP contribution in [0, 0.1) is 17.3 Å². The number of hydrogen-bond donors (Lipinski definition) is 4. The van der Waals surface area contributed by atoms with E-state index >= 15 is 0 Å². The van der Waals surface area contributed by atoms with Gasteiger partial charge in [0.15, 0.2) is 0 Å². The minimum Gasteiger partial charge on any atom is -0.478 e. The van der Waals surface area contributed by atoms with Gasteiger partial charge in [-0.15, -0.1) is 0 Å². The van der Waals surface area contributed by atoms with Crippen molar-refractivity contribution in [1.82, 2.24) is 10.6 Å². The predicted octanol–water partition coefficient (Wildman–Crippen LogP) is 1.35. The summed E-state index contributed by atoms with van der Waals surface area (Å²) in [5.41, 5.74) is 5.49. The molecule has 5 N–H and O–H groups in total. The lowest BCUT2D eigenvalue weighted by Crippen LogP contribution is -2.65. The third-order valence-corrected chi connectivity index (χ3v) is 7.75. The van der Waals surface area contributed by atoms with Crippen molar-refractivity contribution < 1.29 is 28.8 Å². The normalized spacial score (nSPS) is 30.6. The van der Waals surface area contributed by atoms with E-state index in [9.17, 15) is 19.5 Å². The monoisotopic (exact) mass is 443 g/mol. The highest BCUT2D eigenvalue weighted by molar-refractivity contribution is 6.48. The van der Waals surface area contributed by atoms with Gasteiger partial charge in [0.25, 0.3) is 0 Å². The summed E-state index contributed by atoms with van der Waals surface area (Å²) in [6, 6.07) is 5.85. The molecule has 172 valence electrons. The number of carbonyl (C=O) groups excluding carboxylic acids is 2. The fraction of sp³-hybridized carbons (Fsp3) is 0.591. The first-order valence-electron chi connectivity index (χ1n) is 11.0. The minimum absolute atomic E-state index is 0.0814. The van der Waals surface area contributed by atoms with Crippen LogP contribution < -0.4 is 16.4 Å². The smallest absolute Gasteiger partial charge is 0.478 e. The highest BCUT2D eigenvalue weighted by Crippen LogP contribution is 2.65. The number of rotatable bonds is 7. The zero-order valence-electron chi connectivity index (χ0n) is 18.6. The Morgan fingerprint density at radius 1 is 1.25 bits per heavy atom. The van der Waals surface area contributed by atoms with Crippen LogP contribution in [0.2, 0.25) is 0 Å². The van der Waals surface area contributed by atoms with E-state index in [0.29, 0.717) is 17.4 Å². The van der Waals surface area contributed by atoms with Gasteiger partial charge in [-0.3, -0.25) is 4.79 Å². The molecule has 0 aromatic heterocycles. The zero-order chi connectivity index (χ0) is 23.3. The maximum Gasteiger partial charge on any atom is 0.482 e. The molecule has 0 spiro atoms. The quantitative estimate of drug-likeness (QED) is 0.469. The molecular formula is C22H30BN3O6. The fourth-order valence-electron chi connectivity index (χ4n) is 5.86. The molecule has 4 fully saturated rings. The Hall–Kier alpha value is -2.59. The number of nitrogens with one attached hydrogen (secondary N) is 2. The van der Waals surface area contributed by atoms with Gasteiger partial charge < -0.3 is 30.8 Å². The number of nitrogens with two attached hydrogens (primary N) is 1. The Kier molecular flexibility index (Phi) is 5.71. The molecule has 9 nitrogen and oxygen atoms in total. The number of aromatic carboxylic acids is 1. The number of primary amides is 1. The zero-order valence-corrected chi connectivity index (χ0v) is 18.6. The lowest BCUT2D eigenvalue weighted by molar-refractivity contribution is -0.199. The van der Waals surface area contributed by atoms with Gasteiger partial charge in [-0.2, -0.15) is 0 Å². The number of carboxylic acid groups (broad SMARTS) is 1. The Morgan fingerprint density at radius 2 is 1.97 bits per heavy atom. The average Bonchev–Trinajstić information content (AvgIpc) is 3.09. The van der Waals surface area contributed by atoms with E-state index in [2.05, 4.69) is 31.4 Å². The van der Waals surface area contributed by atoms with Gasteiger partial charge >= 0.3 is 19.1 Å². The molecule has 10 heteroatoms. The summed E-state index contributed by atoms with van der Waals surface area (Å²) < 4.78 is 12.8. The summed E-state index contributed by atoms with van der Waals surface area (Å²) >= 11 is 0. The van der Waals surface area contributed by atoms with Crippen molar-refractivity contribution >= 4 is 25.0 Å². The van der Waals surface area contributed by atoms with Crippen molar-refractivity contribution in [2.45, 2.75) is 57.7 Å². The fourth-order valence-corrected chi connectivity index (χ4v) is 5.86. The highest BCUT2D eigenvalue weighted by Gasteiger charge is 2.68. The Morgan fingerprint density at radius 3 is 2.62 bits per heavy atom. The molecule has 3 amide bonds. The van der Waals surface area contributed by atoms with Gasteiger partial charge in [0.05, 0.1) is 29.8 Å². The summed E-state index contributed by atoms with van der Waals surface area (Å²) in [6.45, 7) is 6.32. The molecular weight excluding hydrogens is 413 g/mol. The highest BCUT2D eigenvalue weighted by atomic mass is 16.7. The number of carbonyl (C=O) groups is 3. The van der Waals surface area contributed by atoms with Gasteiger partial charge in [0.2, 0.25) is 5.91 Å². The Labute approximate surface area is 187 Å². The van der Waals surface area contributed by atoms with Gasteiger partial charge in [-0.1, -0.05) is 32.0 Å². The Balaban J connectivity index is 1.57. The molecule has 0 radical (unpaired) electrons. The van der Waals surface area contributed by atoms with Crippen LogP contribution in [-0.2, 0) is 20.5 Å². The third kappa shape index (κ3) is 3.86. The van der Waals surface area contributed by atoms with Gasteiger partial charge in [0, 0.05) is 0 Å². The first kappa shape index (κ1) is 22.6. The van der Waals surface area contributed by atoms with E-state index in [1.165, 1.54) is 6.07 Å². The summed E-state index contributed by atoms with van der Waals surface area (Å²) in [5.74, 6) is -1.21. The summed E-state index contributed by atoms with van der Waals surface area (Å²) in [5, 5.41) is 14.7. The van der Waals surface area contributed by atoms with Crippen LogP contribution >= 0.6 is 0 Å². The molecule has 1 aliphatic heterocycles. The Bertz CT molecular complexity index is 940. The van der Waals surface area contributed by atoms with E-state index in [4.69, 9.17) is 15.0 Å². The van der Waals surface area contributed by atoms with E-state index in [1.807, 2.05) is 0 Å². The van der Waals surface area contributed by atoms with Crippen LogP contribution in [0.15, 0.2) is 24.3 Å². The maximum atomic E-state index is 12.5. The topological polar surface area (TPSA) is 140 Å². The first-order chi connectivity index (χ1) is 15.0. The van der Waals surface area contributed by atoms with Crippen LogP contribution in [0.1, 0.15) is 49.5 Å². The van der Waals surface area contributed by atoms with Crippen LogP contribution in [-0.4, -0.2) is 54.3 Å². The molecule has 1 heterocycles. The minimum atomic E-state index is -1.04. The molecule has 5 rings (SSSR count). The van der Waals surface area contributed by atoms with Gasteiger partial charge in [0.1, 0.15) is 0 Å². The van der Waals surface area contributed by atoms with E-state index in [-0.39, 0.29) is 30.0 Å². The van der Waals surface area contributed by atoms with E-state index in [1.54, 1.807) is 18.2 Å². The van der Waals surface area contributed by atoms with E-state index in [0.717, 1.165) is 12.8 Å². The van der Waals surface area contributed by atoms with Crippen molar-refractivity contribution in [2.75, 3.05) is 6.54 Å². The number of carboxylic acids is 1. The van der Waals surface area contributed by atoms with Crippen LogP contribution in [0.25, 0.3) is 0 Å². The largest absolute Gasteiger partial charge is 0.482 e. The molecule has 4 aliphatic rings. The predicted molar refractivity (Wildman–Crippen MR) is 117 cm³/mol. The summed E-state index contributed by atoms with van der Waals surface area (Å²) in [4.78, 5) is 35.2.